The molecule has 1 N–H and O–H groups in total. The van der Waals surface area contributed by atoms with E-state index in [1.807, 2.05) is 0 Å². The normalized spacial score (nSPS) is 18.2. The van der Waals surface area contributed by atoms with Gasteiger partial charge >= 0.3 is 0 Å². The van der Waals surface area contributed by atoms with E-state index in [9.17, 15) is 19.1 Å². The van der Waals surface area contributed by atoms with E-state index in [0.29, 0.717) is 11.1 Å². The van der Waals surface area contributed by atoms with Crippen LogP contribution in [0.1, 0.15) is 22.7 Å². The van der Waals surface area contributed by atoms with Crippen molar-refractivity contribution in [3.05, 3.63) is 107 Å². The van der Waals surface area contributed by atoms with Gasteiger partial charge in [-0.3, -0.25) is 14.6 Å². The van der Waals surface area contributed by atoms with Crippen LogP contribution in [0.5, 0.6) is 0 Å². The van der Waals surface area contributed by atoms with Crippen molar-refractivity contribution in [1.82, 2.24) is 9.88 Å². The van der Waals surface area contributed by atoms with Crippen LogP contribution in [0.2, 0.25) is 0 Å². The van der Waals surface area contributed by atoms with Crippen LogP contribution in [0.3, 0.4) is 0 Å². The molecule has 0 saturated carbocycles. The molecule has 1 aliphatic rings. The fourth-order valence-electron chi connectivity index (χ4n) is 3.47. The minimum atomic E-state index is -0.830. The van der Waals surface area contributed by atoms with Gasteiger partial charge in [-0.1, -0.05) is 42.5 Å². The first-order valence-electron chi connectivity index (χ1n) is 9.04. The van der Waals surface area contributed by atoms with Crippen molar-refractivity contribution in [3.8, 4) is 0 Å². The third-order valence-electron chi connectivity index (χ3n) is 4.88. The maximum absolute atomic E-state index is 13.5. The minimum absolute atomic E-state index is 0.0122. The van der Waals surface area contributed by atoms with Crippen molar-refractivity contribution in [2.24, 2.45) is 0 Å². The fraction of sp³-hybridized carbons (Fsp3) is 0.0870. The molecule has 5 nitrogen and oxygen atoms in total. The molecular formula is C23H17FN2O3. The largest absolute Gasteiger partial charge is 0.507 e. The summed E-state index contributed by atoms with van der Waals surface area (Å²) in [6.07, 6.45) is 3.20. The number of likely N-dealkylation sites (tertiary alicyclic amines) is 1. The lowest BCUT2D eigenvalue weighted by molar-refractivity contribution is -0.140. The number of carbonyl (C=O) groups is 2. The van der Waals surface area contributed by atoms with Gasteiger partial charge in [-0.2, -0.15) is 0 Å². The third kappa shape index (κ3) is 3.52. The molecule has 1 saturated heterocycles. The van der Waals surface area contributed by atoms with E-state index in [2.05, 4.69) is 4.98 Å². The molecule has 4 rings (SSSR count). The molecule has 144 valence electrons. The summed E-state index contributed by atoms with van der Waals surface area (Å²) in [5.74, 6) is -2.17. The Morgan fingerprint density at radius 2 is 1.62 bits per heavy atom. The van der Waals surface area contributed by atoms with Crippen LogP contribution in [0.4, 0.5) is 4.39 Å². The Kier molecular flexibility index (Phi) is 4.91. The van der Waals surface area contributed by atoms with Crippen LogP contribution in [0.15, 0.2) is 84.7 Å². The first-order valence-corrected chi connectivity index (χ1v) is 9.04. The van der Waals surface area contributed by atoms with Gasteiger partial charge in [0.25, 0.3) is 11.7 Å². The van der Waals surface area contributed by atoms with Gasteiger partial charge in [0.05, 0.1) is 11.6 Å². The van der Waals surface area contributed by atoms with E-state index in [-0.39, 0.29) is 17.9 Å². The zero-order chi connectivity index (χ0) is 20.4. The number of benzene rings is 2. The highest BCUT2D eigenvalue weighted by Gasteiger charge is 2.46. The molecule has 0 bridgehead atoms. The molecular weight excluding hydrogens is 371 g/mol. The SMILES string of the molecule is O=C1C(=O)N(Cc2ccncc2)C(c2ccc(F)cc2)/C1=C(\O)c1ccccc1. The molecule has 6 heteroatoms. The highest BCUT2D eigenvalue weighted by Crippen LogP contribution is 2.40. The third-order valence-corrected chi connectivity index (χ3v) is 4.88. The number of halogens is 1. The summed E-state index contributed by atoms with van der Waals surface area (Å²) in [6.45, 7) is 0.153. The number of hydrogen-bond acceptors (Lipinski definition) is 4. The van der Waals surface area contributed by atoms with Crippen molar-refractivity contribution in [3.63, 3.8) is 0 Å². The Balaban J connectivity index is 1.86. The average Bonchev–Trinajstić information content (AvgIpc) is 3.00. The molecule has 2 heterocycles. The van der Waals surface area contributed by atoms with Crippen LogP contribution in [0, 0.1) is 5.82 Å². The molecule has 29 heavy (non-hydrogen) atoms. The zero-order valence-corrected chi connectivity index (χ0v) is 15.3. The lowest BCUT2D eigenvalue weighted by Gasteiger charge is -2.25. The number of Topliss-reactive ketones (excluding diaryl/α,β-unsaturated/α-hetero) is 1. The van der Waals surface area contributed by atoms with E-state index in [4.69, 9.17) is 0 Å². The molecule has 3 aromatic rings. The summed E-state index contributed by atoms with van der Waals surface area (Å²) in [4.78, 5) is 31.1. The van der Waals surface area contributed by atoms with Crippen molar-refractivity contribution in [2.45, 2.75) is 12.6 Å². The summed E-state index contributed by atoms with van der Waals surface area (Å²) in [6, 6.07) is 16.8. The number of aliphatic hydroxyl groups is 1. The molecule has 1 fully saturated rings. The second-order valence-corrected chi connectivity index (χ2v) is 6.70. The quantitative estimate of drug-likeness (QED) is 0.419. The Labute approximate surface area is 166 Å². The van der Waals surface area contributed by atoms with Gasteiger partial charge in [-0.25, -0.2) is 4.39 Å². The number of carbonyl (C=O) groups excluding carboxylic acids is 2. The van der Waals surface area contributed by atoms with E-state index < -0.39 is 23.5 Å². The molecule has 0 spiro atoms. The van der Waals surface area contributed by atoms with Gasteiger partial charge in [-0.15, -0.1) is 0 Å². The summed E-state index contributed by atoms with van der Waals surface area (Å²) in [7, 11) is 0. The molecule has 1 unspecified atom stereocenters. The minimum Gasteiger partial charge on any atom is -0.507 e. The second kappa shape index (κ2) is 7.67. The smallest absolute Gasteiger partial charge is 0.295 e. The Morgan fingerprint density at radius 3 is 2.28 bits per heavy atom. The van der Waals surface area contributed by atoms with Crippen molar-refractivity contribution in [2.75, 3.05) is 0 Å². The van der Waals surface area contributed by atoms with Crippen LogP contribution >= 0.6 is 0 Å². The summed E-state index contributed by atoms with van der Waals surface area (Å²) < 4.78 is 13.5. The van der Waals surface area contributed by atoms with Gasteiger partial charge in [0.1, 0.15) is 11.6 Å². The highest BCUT2D eigenvalue weighted by molar-refractivity contribution is 6.46. The Bertz CT molecular complexity index is 1080. The number of rotatable bonds is 4. The lowest BCUT2D eigenvalue weighted by Crippen LogP contribution is -2.29. The Hall–Kier alpha value is -3.80. The number of hydrogen-bond donors (Lipinski definition) is 1. The standard InChI is InChI=1S/C23H17FN2O3/c24-18-8-6-16(7-9-18)20-19(21(27)17-4-2-1-3-5-17)22(28)23(29)26(20)14-15-10-12-25-13-11-15/h1-13,20,27H,14H2/b21-19+. The van der Waals surface area contributed by atoms with Gasteiger partial charge in [0.15, 0.2) is 0 Å². The van der Waals surface area contributed by atoms with E-state index >= 15 is 0 Å². The number of nitrogens with zero attached hydrogens (tertiary/aromatic N) is 2. The van der Waals surface area contributed by atoms with Gasteiger partial charge < -0.3 is 10.0 Å². The number of amides is 1. The van der Waals surface area contributed by atoms with Crippen molar-refractivity contribution >= 4 is 17.4 Å². The number of aliphatic hydroxyl groups excluding tert-OH is 1. The van der Waals surface area contributed by atoms with Crippen LogP contribution in [-0.4, -0.2) is 26.7 Å². The summed E-state index contributed by atoms with van der Waals surface area (Å²) in [5.41, 5.74) is 1.74. The Morgan fingerprint density at radius 1 is 0.966 bits per heavy atom. The first-order chi connectivity index (χ1) is 14.1. The van der Waals surface area contributed by atoms with E-state index in [1.54, 1.807) is 54.9 Å². The van der Waals surface area contributed by atoms with Crippen molar-refractivity contribution < 1.29 is 19.1 Å². The number of pyridine rings is 1. The molecule has 2 aromatic carbocycles. The lowest BCUT2D eigenvalue weighted by atomic mass is 9.95. The monoisotopic (exact) mass is 388 g/mol. The topological polar surface area (TPSA) is 70.5 Å². The predicted molar refractivity (Wildman–Crippen MR) is 105 cm³/mol. The van der Waals surface area contributed by atoms with E-state index in [0.717, 1.165) is 5.56 Å². The molecule has 1 amide bonds. The zero-order valence-electron chi connectivity index (χ0n) is 15.3. The van der Waals surface area contributed by atoms with Crippen LogP contribution in [0.25, 0.3) is 5.76 Å². The summed E-state index contributed by atoms with van der Waals surface area (Å²) in [5, 5.41) is 10.9. The van der Waals surface area contributed by atoms with E-state index in [1.165, 1.54) is 29.2 Å². The van der Waals surface area contributed by atoms with Crippen LogP contribution < -0.4 is 0 Å². The van der Waals surface area contributed by atoms with Gasteiger partial charge in [-0.05, 0) is 35.4 Å². The predicted octanol–water partition coefficient (Wildman–Crippen LogP) is 3.84. The number of aromatic nitrogens is 1. The summed E-state index contributed by atoms with van der Waals surface area (Å²) >= 11 is 0. The van der Waals surface area contributed by atoms with Crippen molar-refractivity contribution in [1.29, 1.82) is 0 Å². The molecule has 0 aliphatic carbocycles. The molecule has 1 aliphatic heterocycles. The van der Waals surface area contributed by atoms with Gasteiger partial charge in [0, 0.05) is 24.5 Å². The first kappa shape index (κ1) is 18.6. The second-order valence-electron chi connectivity index (χ2n) is 6.70. The molecule has 0 radical (unpaired) electrons. The average molecular weight is 388 g/mol. The van der Waals surface area contributed by atoms with Gasteiger partial charge in [0.2, 0.25) is 0 Å². The number of ketones is 1. The maximum Gasteiger partial charge on any atom is 0.295 e. The molecule has 1 aromatic heterocycles. The maximum atomic E-state index is 13.5. The highest BCUT2D eigenvalue weighted by atomic mass is 19.1. The van der Waals surface area contributed by atoms with Crippen LogP contribution in [-0.2, 0) is 16.1 Å². The fourth-order valence-corrected chi connectivity index (χ4v) is 3.47. The molecule has 1 atom stereocenters.